The summed E-state index contributed by atoms with van der Waals surface area (Å²) in [6, 6.07) is 0. The van der Waals surface area contributed by atoms with Crippen LogP contribution in [0.3, 0.4) is 0 Å². The molecule has 0 aliphatic carbocycles. The predicted molar refractivity (Wildman–Crippen MR) is 65.7 cm³/mol. The molecular weight excluding hydrogens is 220 g/mol. The quantitative estimate of drug-likeness (QED) is 0.700. The lowest BCUT2D eigenvalue weighted by molar-refractivity contribution is 0.216. The van der Waals surface area contributed by atoms with Gasteiger partial charge in [-0.15, -0.1) is 0 Å². The van der Waals surface area contributed by atoms with Gasteiger partial charge in [-0.3, -0.25) is 5.10 Å². The van der Waals surface area contributed by atoms with E-state index in [1.807, 2.05) is 25.8 Å². The Morgan fingerprint density at radius 1 is 1.47 bits per heavy atom. The fraction of sp³-hybridized carbons (Fsp3) is 0.500. The molecule has 2 rings (SSSR count). The fourth-order valence-electron chi connectivity index (χ4n) is 1.48. The molecule has 17 heavy (non-hydrogen) atoms. The standard InChI is InChI=1S/C10H16N6O/c1-10(2,5-17)16(3)8-6-4-12-15-7(6)13-9(11)14-8/h4,17H,5H2,1-3H3,(H3,11,12,13,14,15). The van der Waals surface area contributed by atoms with Crippen LogP contribution in [-0.2, 0) is 0 Å². The van der Waals surface area contributed by atoms with E-state index in [4.69, 9.17) is 5.73 Å². The summed E-state index contributed by atoms with van der Waals surface area (Å²) in [4.78, 5) is 10.1. The highest BCUT2D eigenvalue weighted by Gasteiger charge is 2.26. The van der Waals surface area contributed by atoms with E-state index in [2.05, 4.69) is 20.2 Å². The number of nitrogen functional groups attached to an aromatic ring is 1. The van der Waals surface area contributed by atoms with Gasteiger partial charge in [-0.2, -0.15) is 15.1 Å². The van der Waals surface area contributed by atoms with Gasteiger partial charge in [0.2, 0.25) is 5.95 Å². The molecule has 0 spiro atoms. The molecule has 0 bridgehead atoms. The van der Waals surface area contributed by atoms with Crippen LogP contribution in [0, 0.1) is 0 Å². The average Bonchev–Trinajstić information content (AvgIpc) is 2.74. The van der Waals surface area contributed by atoms with Crippen molar-refractivity contribution in [2.75, 3.05) is 24.3 Å². The number of likely N-dealkylation sites (N-methyl/N-ethyl adjacent to an activating group) is 1. The van der Waals surface area contributed by atoms with Gasteiger partial charge in [-0.05, 0) is 13.8 Å². The molecule has 7 nitrogen and oxygen atoms in total. The van der Waals surface area contributed by atoms with Crippen LogP contribution in [-0.4, -0.2) is 44.5 Å². The summed E-state index contributed by atoms with van der Waals surface area (Å²) in [5.74, 6) is 0.831. The minimum Gasteiger partial charge on any atom is -0.394 e. The van der Waals surface area contributed by atoms with E-state index in [1.54, 1.807) is 6.20 Å². The molecular formula is C10H16N6O. The van der Waals surface area contributed by atoms with E-state index >= 15 is 0 Å². The van der Waals surface area contributed by atoms with E-state index in [9.17, 15) is 5.11 Å². The second kappa shape index (κ2) is 3.85. The maximum atomic E-state index is 9.38. The number of anilines is 2. The maximum Gasteiger partial charge on any atom is 0.224 e. The third-order valence-electron chi connectivity index (χ3n) is 2.92. The summed E-state index contributed by atoms with van der Waals surface area (Å²) < 4.78 is 0. The minimum absolute atomic E-state index is 0.00670. The number of aliphatic hydroxyl groups is 1. The van der Waals surface area contributed by atoms with Crippen LogP contribution < -0.4 is 10.6 Å². The SMILES string of the molecule is CN(c1nc(N)nc2[nH]ncc12)C(C)(C)CO. The van der Waals surface area contributed by atoms with Gasteiger partial charge in [0.15, 0.2) is 5.65 Å². The first kappa shape index (κ1) is 11.6. The number of aliphatic hydroxyl groups excluding tert-OH is 1. The molecule has 2 heterocycles. The highest BCUT2D eigenvalue weighted by atomic mass is 16.3. The Hall–Kier alpha value is -1.89. The second-order valence-corrected chi connectivity index (χ2v) is 4.57. The number of rotatable bonds is 3. The third kappa shape index (κ3) is 1.89. The van der Waals surface area contributed by atoms with E-state index in [1.165, 1.54) is 0 Å². The number of aromatic amines is 1. The van der Waals surface area contributed by atoms with E-state index in [0.29, 0.717) is 11.5 Å². The number of aromatic nitrogens is 4. The summed E-state index contributed by atoms with van der Waals surface area (Å²) in [5, 5.41) is 16.8. The van der Waals surface area contributed by atoms with Crippen LogP contribution in [0.4, 0.5) is 11.8 Å². The zero-order valence-electron chi connectivity index (χ0n) is 10.1. The molecule has 0 aliphatic heterocycles. The Labute approximate surface area is 98.7 Å². The van der Waals surface area contributed by atoms with Gasteiger partial charge in [0.1, 0.15) is 5.82 Å². The largest absolute Gasteiger partial charge is 0.394 e. The Balaban J connectivity index is 2.58. The first-order valence-electron chi connectivity index (χ1n) is 5.27. The van der Waals surface area contributed by atoms with Crippen LogP contribution in [0.25, 0.3) is 11.0 Å². The van der Waals surface area contributed by atoms with Crippen LogP contribution in [0.5, 0.6) is 0 Å². The number of H-pyrrole nitrogens is 1. The summed E-state index contributed by atoms with van der Waals surface area (Å²) in [6.45, 7) is 3.83. The summed E-state index contributed by atoms with van der Waals surface area (Å²) in [7, 11) is 1.85. The van der Waals surface area contributed by atoms with E-state index in [0.717, 1.165) is 5.39 Å². The maximum absolute atomic E-state index is 9.38. The Morgan fingerprint density at radius 2 is 2.18 bits per heavy atom. The summed E-state index contributed by atoms with van der Waals surface area (Å²) >= 11 is 0. The minimum atomic E-state index is -0.439. The smallest absolute Gasteiger partial charge is 0.224 e. The zero-order chi connectivity index (χ0) is 12.6. The number of nitrogens with zero attached hydrogens (tertiary/aromatic N) is 4. The van der Waals surface area contributed by atoms with Crippen molar-refractivity contribution < 1.29 is 5.11 Å². The van der Waals surface area contributed by atoms with Gasteiger partial charge >= 0.3 is 0 Å². The Morgan fingerprint density at radius 3 is 2.82 bits per heavy atom. The molecule has 0 amide bonds. The Bertz CT molecular complexity index is 535. The second-order valence-electron chi connectivity index (χ2n) is 4.57. The zero-order valence-corrected chi connectivity index (χ0v) is 10.1. The molecule has 92 valence electrons. The number of nitrogens with one attached hydrogen (secondary N) is 1. The number of hydrogen-bond acceptors (Lipinski definition) is 6. The lowest BCUT2D eigenvalue weighted by Crippen LogP contribution is -2.45. The first-order chi connectivity index (χ1) is 7.95. The number of fused-ring (bicyclic) bond motifs is 1. The van der Waals surface area contributed by atoms with E-state index in [-0.39, 0.29) is 12.6 Å². The normalized spacial score (nSPS) is 12.0. The van der Waals surface area contributed by atoms with Gasteiger partial charge in [0.05, 0.1) is 23.7 Å². The van der Waals surface area contributed by atoms with Gasteiger partial charge in [-0.25, -0.2) is 0 Å². The molecule has 4 N–H and O–H groups in total. The van der Waals surface area contributed by atoms with Gasteiger partial charge in [-0.1, -0.05) is 0 Å². The molecule has 0 radical (unpaired) electrons. The average molecular weight is 236 g/mol. The molecule has 0 unspecified atom stereocenters. The van der Waals surface area contributed by atoms with Crippen molar-refractivity contribution in [1.29, 1.82) is 0 Å². The molecule has 7 heteroatoms. The lowest BCUT2D eigenvalue weighted by atomic mass is 10.1. The van der Waals surface area contributed by atoms with Crippen LogP contribution in [0.1, 0.15) is 13.8 Å². The van der Waals surface area contributed by atoms with Crippen LogP contribution in [0.15, 0.2) is 6.20 Å². The number of nitrogens with two attached hydrogens (primary N) is 1. The Kier molecular flexibility index (Phi) is 2.62. The van der Waals surface area contributed by atoms with Gasteiger partial charge in [0, 0.05) is 7.05 Å². The summed E-state index contributed by atoms with van der Waals surface area (Å²) in [6.07, 6.45) is 1.65. The van der Waals surface area contributed by atoms with Crippen molar-refractivity contribution in [3.05, 3.63) is 6.20 Å². The third-order valence-corrected chi connectivity index (χ3v) is 2.92. The topological polar surface area (TPSA) is 104 Å². The molecule has 2 aromatic rings. The van der Waals surface area contributed by atoms with Crippen molar-refractivity contribution in [1.82, 2.24) is 20.2 Å². The highest BCUT2D eigenvalue weighted by molar-refractivity contribution is 5.87. The molecule has 0 aliphatic rings. The molecule has 0 aromatic carbocycles. The molecule has 0 saturated heterocycles. The fourth-order valence-corrected chi connectivity index (χ4v) is 1.48. The van der Waals surface area contributed by atoms with Crippen molar-refractivity contribution >= 4 is 22.8 Å². The van der Waals surface area contributed by atoms with Crippen molar-refractivity contribution in [3.63, 3.8) is 0 Å². The van der Waals surface area contributed by atoms with Crippen LogP contribution >= 0.6 is 0 Å². The molecule has 0 fully saturated rings. The first-order valence-corrected chi connectivity index (χ1v) is 5.27. The summed E-state index contributed by atoms with van der Waals surface area (Å²) in [5.41, 5.74) is 5.80. The monoisotopic (exact) mass is 236 g/mol. The molecule has 2 aromatic heterocycles. The van der Waals surface area contributed by atoms with Crippen molar-refractivity contribution in [2.24, 2.45) is 0 Å². The lowest BCUT2D eigenvalue weighted by Gasteiger charge is -2.35. The van der Waals surface area contributed by atoms with E-state index < -0.39 is 5.54 Å². The van der Waals surface area contributed by atoms with Crippen molar-refractivity contribution in [2.45, 2.75) is 19.4 Å². The van der Waals surface area contributed by atoms with Crippen LogP contribution in [0.2, 0.25) is 0 Å². The number of hydrogen-bond donors (Lipinski definition) is 3. The predicted octanol–water partition coefficient (Wildman–Crippen LogP) is 0.142. The van der Waals surface area contributed by atoms with Crippen molar-refractivity contribution in [3.8, 4) is 0 Å². The highest BCUT2D eigenvalue weighted by Crippen LogP contribution is 2.27. The molecule has 0 atom stereocenters. The van der Waals surface area contributed by atoms with Gasteiger partial charge < -0.3 is 15.7 Å². The van der Waals surface area contributed by atoms with Gasteiger partial charge in [0.25, 0.3) is 0 Å². The molecule has 0 saturated carbocycles.